The topological polar surface area (TPSA) is 141 Å². The molecule has 1 N–H and O–H groups in total. The third kappa shape index (κ3) is 7.50. The Morgan fingerprint density at radius 2 is 1.40 bits per heavy atom. The minimum Gasteiger partial charge on any atom is -0.496 e. The SMILES string of the molecule is COc1ccc(S(=O)(=O)N2CCOCC2)cc1CCC(=O)NCCOc1ccc(S(=O)(=O)N2CCOCC2)cc1. The number of benzene rings is 2. The highest BCUT2D eigenvalue weighted by molar-refractivity contribution is 7.89. The molecular formula is C26H35N3O9S2. The second kappa shape index (κ2) is 13.7. The Labute approximate surface area is 235 Å². The van der Waals surface area contributed by atoms with Gasteiger partial charge in [-0.3, -0.25) is 4.79 Å². The molecule has 0 unspecified atom stereocenters. The van der Waals surface area contributed by atoms with E-state index in [0.29, 0.717) is 76.1 Å². The zero-order valence-corrected chi connectivity index (χ0v) is 24.0. The molecular weight excluding hydrogens is 562 g/mol. The van der Waals surface area contributed by atoms with Crippen LogP contribution in [0.2, 0.25) is 0 Å². The fraction of sp³-hybridized carbons (Fsp3) is 0.500. The van der Waals surface area contributed by atoms with Crippen molar-refractivity contribution in [2.45, 2.75) is 22.6 Å². The number of rotatable bonds is 12. The number of amides is 1. The lowest BCUT2D eigenvalue weighted by Crippen LogP contribution is -2.40. The van der Waals surface area contributed by atoms with Gasteiger partial charge in [0.2, 0.25) is 26.0 Å². The van der Waals surface area contributed by atoms with E-state index in [1.165, 1.54) is 33.9 Å². The molecule has 0 spiro atoms. The number of morpholine rings is 2. The first-order valence-corrected chi connectivity index (χ1v) is 15.9. The van der Waals surface area contributed by atoms with Gasteiger partial charge in [-0.1, -0.05) is 0 Å². The van der Waals surface area contributed by atoms with Crippen LogP contribution in [0.3, 0.4) is 0 Å². The summed E-state index contributed by atoms with van der Waals surface area (Å²) in [6, 6.07) is 10.8. The number of hydrogen-bond acceptors (Lipinski definition) is 9. The minimum atomic E-state index is -3.67. The van der Waals surface area contributed by atoms with E-state index in [-0.39, 0.29) is 35.3 Å². The Morgan fingerprint density at radius 1 is 0.850 bits per heavy atom. The van der Waals surface area contributed by atoms with E-state index in [1.54, 1.807) is 24.3 Å². The van der Waals surface area contributed by atoms with Crippen LogP contribution < -0.4 is 14.8 Å². The van der Waals surface area contributed by atoms with Crippen molar-refractivity contribution in [3.63, 3.8) is 0 Å². The zero-order valence-electron chi connectivity index (χ0n) is 22.4. The first kappa shape index (κ1) is 30.2. The van der Waals surface area contributed by atoms with Gasteiger partial charge in [0.1, 0.15) is 18.1 Å². The standard InChI is InChI=1S/C26H35N3O9S2/c1-35-25-8-7-24(40(33,34)29-13-18-37-19-14-29)20-21(25)2-9-26(30)27-10-15-38-22-3-5-23(6-4-22)39(31,32)28-11-16-36-17-12-28/h3-8,20H,2,9-19H2,1H3,(H,27,30). The van der Waals surface area contributed by atoms with Crippen LogP contribution in [0.1, 0.15) is 12.0 Å². The van der Waals surface area contributed by atoms with E-state index >= 15 is 0 Å². The van der Waals surface area contributed by atoms with Crippen LogP contribution in [0.4, 0.5) is 0 Å². The Kier molecular flexibility index (Phi) is 10.4. The lowest BCUT2D eigenvalue weighted by Gasteiger charge is -2.26. The molecule has 0 radical (unpaired) electrons. The first-order chi connectivity index (χ1) is 19.2. The van der Waals surface area contributed by atoms with Crippen LogP contribution in [0.5, 0.6) is 11.5 Å². The van der Waals surface area contributed by atoms with Crippen molar-refractivity contribution in [1.82, 2.24) is 13.9 Å². The molecule has 1 amide bonds. The van der Waals surface area contributed by atoms with E-state index in [1.807, 2.05) is 0 Å². The first-order valence-electron chi connectivity index (χ1n) is 13.0. The Balaban J connectivity index is 1.24. The molecule has 2 fully saturated rings. The van der Waals surface area contributed by atoms with E-state index in [9.17, 15) is 21.6 Å². The van der Waals surface area contributed by atoms with Crippen molar-refractivity contribution in [2.24, 2.45) is 0 Å². The lowest BCUT2D eigenvalue weighted by molar-refractivity contribution is -0.121. The number of carbonyl (C=O) groups excluding carboxylic acids is 1. The summed E-state index contributed by atoms with van der Waals surface area (Å²) in [6.07, 6.45) is 0.424. The molecule has 4 rings (SSSR count). The number of nitrogens with one attached hydrogen (secondary N) is 1. The van der Waals surface area contributed by atoms with Crippen molar-refractivity contribution >= 4 is 26.0 Å². The zero-order chi connectivity index (χ0) is 28.6. The molecule has 0 bridgehead atoms. The van der Waals surface area contributed by atoms with Crippen LogP contribution in [0.15, 0.2) is 52.3 Å². The molecule has 2 heterocycles. The smallest absolute Gasteiger partial charge is 0.243 e. The number of sulfonamides is 2. The summed E-state index contributed by atoms with van der Waals surface area (Å²) >= 11 is 0. The average Bonchev–Trinajstić information content (AvgIpc) is 2.99. The van der Waals surface area contributed by atoms with Crippen LogP contribution in [0, 0.1) is 0 Å². The highest BCUT2D eigenvalue weighted by Gasteiger charge is 2.28. The quantitative estimate of drug-likeness (QED) is 0.353. The molecule has 2 aliphatic rings. The van der Waals surface area contributed by atoms with Gasteiger partial charge in [-0.25, -0.2) is 16.8 Å². The molecule has 220 valence electrons. The summed E-state index contributed by atoms with van der Waals surface area (Å²) in [5.74, 6) is 0.772. The maximum Gasteiger partial charge on any atom is 0.243 e. The van der Waals surface area contributed by atoms with Crippen LogP contribution in [-0.2, 0) is 40.7 Å². The highest BCUT2D eigenvalue weighted by Crippen LogP contribution is 2.26. The van der Waals surface area contributed by atoms with Gasteiger partial charge in [0.05, 0.1) is 49.9 Å². The number of nitrogens with zero attached hydrogens (tertiary/aromatic N) is 2. The van der Waals surface area contributed by atoms with Gasteiger partial charge in [0.25, 0.3) is 0 Å². The third-order valence-corrected chi connectivity index (χ3v) is 10.4. The summed E-state index contributed by atoms with van der Waals surface area (Å²) < 4.78 is 75.7. The molecule has 40 heavy (non-hydrogen) atoms. The molecule has 12 nitrogen and oxygen atoms in total. The second-order valence-corrected chi connectivity index (χ2v) is 13.1. The fourth-order valence-corrected chi connectivity index (χ4v) is 7.25. The average molecular weight is 598 g/mol. The van der Waals surface area contributed by atoms with Crippen molar-refractivity contribution in [3.8, 4) is 11.5 Å². The van der Waals surface area contributed by atoms with Crippen molar-refractivity contribution < 1.29 is 40.6 Å². The lowest BCUT2D eigenvalue weighted by atomic mass is 10.1. The maximum absolute atomic E-state index is 13.0. The molecule has 14 heteroatoms. The normalized spacial score (nSPS) is 17.3. The predicted octanol–water partition coefficient (Wildman–Crippen LogP) is 0.865. The summed E-state index contributed by atoms with van der Waals surface area (Å²) in [5.41, 5.74) is 0.621. The fourth-order valence-electron chi connectivity index (χ4n) is 4.39. The second-order valence-electron chi connectivity index (χ2n) is 9.18. The van der Waals surface area contributed by atoms with E-state index in [0.717, 1.165) is 0 Å². The van der Waals surface area contributed by atoms with Crippen molar-refractivity contribution in [2.75, 3.05) is 72.9 Å². The van der Waals surface area contributed by atoms with Gasteiger partial charge in [-0.15, -0.1) is 0 Å². The Hall–Kier alpha value is -2.75. The molecule has 2 aromatic rings. The number of aryl methyl sites for hydroxylation is 1. The highest BCUT2D eigenvalue weighted by atomic mass is 32.2. The third-order valence-electron chi connectivity index (χ3n) is 6.61. The maximum atomic E-state index is 13.0. The summed E-state index contributed by atoms with van der Waals surface area (Å²) in [6.45, 7) is 3.15. The number of carbonyl (C=O) groups is 1. The molecule has 0 aliphatic carbocycles. The van der Waals surface area contributed by atoms with Crippen LogP contribution >= 0.6 is 0 Å². The molecule has 2 aliphatic heterocycles. The van der Waals surface area contributed by atoms with E-state index < -0.39 is 20.0 Å². The molecule has 2 saturated heterocycles. The Bertz CT molecular complexity index is 1350. The summed E-state index contributed by atoms with van der Waals surface area (Å²) in [4.78, 5) is 12.8. The molecule has 0 saturated carbocycles. The molecule has 0 aromatic heterocycles. The van der Waals surface area contributed by atoms with Gasteiger partial charge in [0.15, 0.2) is 0 Å². The number of hydrogen-bond donors (Lipinski definition) is 1. The van der Waals surface area contributed by atoms with Gasteiger partial charge in [-0.05, 0) is 54.4 Å². The largest absolute Gasteiger partial charge is 0.496 e. The van der Waals surface area contributed by atoms with Gasteiger partial charge in [0, 0.05) is 32.6 Å². The van der Waals surface area contributed by atoms with E-state index in [2.05, 4.69) is 5.32 Å². The molecule has 0 atom stereocenters. The van der Waals surface area contributed by atoms with Gasteiger partial charge >= 0.3 is 0 Å². The van der Waals surface area contributed by atoms with Crippen LogP contribution in [0.25, 0.3) is 0 Å². The van der Waals surface area contributed by atoms with Gasteiger partial charge < -0.3 is 24.3 Å². The monoisotopic (exact) mass is 597 g/mol. The summed E-state index contributed by atoms with van der Waals surface area (Å²) in [7, 11) is -5.75. The van der Waals surface area contributed by atoms with Crippen LogP contribution in [-0.4, -0.2) is 104 Å². The van der Waals surface area contributed by atoms with Gasteiger partial charge in [-0.2, -0.15) is 8.61 Å². The predicted molar refractivity (Wildman–Crippen MR) is 145 cm³/mol. The van der Waals surface area contributed by atoms with Crippen molar-refractivity contribution in [1.29, 1.82) is 0 Å². The number of methoxy groups -OCH3 is 1. The Morgan fingerprint density at radius 3 is 1.98 bits per heavy atom. The number of ether oxygens (including phenoxy) is 4. The summed E-state index contributed by atoms with van der Waals surface area (Å²) in [5, 5.41) is 2.78. The molecule has 2 aromatic carbocycles. The van der Waals surface area contributed by atoms with Crippen molar-refractivity contribution in [3.05, 3.63) is 48.0 Å². The minimum absolute atomic E-state index is 0.130. The van der Waals surface area contributed by atoms with E-state index in [4.69, 9.17) is 18.9 Å².